The van der Waals surface area contributed by atoms with Crippen molar-refractivity contribution in [2.75, 3.05) is 37.6 Å². The number of nitrogens with two attached hydrogens (primary N) is 1. The van der Waals surface area contributed by atoms with Crippen LogP contribution in [0.4, 0.5) is 38.0 Å². The average Bonchev–Trinajstić information content (AvgIpc) is 1.60. The Labute approximate surface area is 770 Å². The number of urea groups is 2. The van der Waals surface area contributed by atoms with Crippen LogP contribution in [-0.2, 0) is 24.0 Å². The van der Waals surface area contributed by atoms with Gasteiger partial charge in [-0.2, -0.15) is 0 Å². The summed E-state index contributed by atoms with van der Waals surface area (Å²) in [6, 6.07) is 96.3. The van der Waals surface area contributed by atoms with Gasteiger partial charge in [0.25, 0.3) is 6.26 Å². The van der Waals surface area contributed by atoms with Gasteiger partial charge in [0.2, 0.25) is 0 Å². The highest BCUT2D eigenvalue weighted by Gasteiger charge is 2.46. The maximum Gasteiger partial charge on any atom is 0.329 e. The van der Waals surface area contributed by atoms with Crippen LogP contribution in [0.5, 0.6) is 5.75 Å². The number of aliphatic hydroxyl groups is 2. The Morgan fingerprint density at radius 1 is 0.472 bits per heavy atom. The Morgan fingerprint density at radius 3 is 1.28 bits per heavy atom. The number of rotatable bonds is 19. The van der Waals surface area contributed by atoms with Gasteiger partial charge >= 0.3 is 12.1 Å². The number of carbonyl (C=O) groups is 4. The van der Waals surface area contributed by atoms with Crippen LogP contribution in [0.1, 0.15) is 116 Å². The second-order valence-corrected chi connectivity index (χ2v) is 33.6. The van der Waals surface area contributed by atoms with E-state index in [1.807, 2.05) is 245 Å². The van der Waals surface area contributed by atoms with Crippen molar-refractivity contribution in [1.82, 2.24) is 0 Å². The summed E-state index contributed by atoms with van der Waals surface area (Å²) >= 11 is 50.0. The molecule has 0 saturated carbocycles. The molecule has 1 aliphatic heterocycles. The molecular formula is C101H95BrCl8N6O7. The fourth-order valence-electron chi connectivity index (χ4n) is 12.8. The average molecular weight is 1870 g/mol. The second-order valence-electron chi connectivity index (χ2n) is 29.5. The minimum Gasteiger partial charge on any atom is -0.399 e. The van der Waals surface area contributed by atoms with Crippen molar-refractivity contribution in [3.05, 3.63) is 422 Å². The van der Waals surface area contributed by atoms with Crippen LogP contribution in [0.15, 0.2) is 315 Å². The molecule has 4 amide bonds. The number of ether oxygens (including phenoxy) is 1. The smallest absolute Gasteiger partial charge is 0.329 e. The number of halogens is 9. The topological polar surface area (TPSA) is 190 Å². The SMILES string of the molecule is Cc1cccc(C(=O)CBr)c1.Cc1cccc(C(=O)CCc2ccc(Cl)cc2)c1.Cc1cccc(C(C)(O)CCc2ccc(Cl)cc2)c1.Cc1cccc(C(C)(O)CN(C(=O)Nc2ccc(Cl)cc2)c2ccc(Cl)cc2)c1.Cc1cccc(C2C(C)N(c3ccc(Cl)cc3)C(=O)N2c2ccc(Cl)cc2)c1.N#COc1ccc(Cl)cc1.Nc1ccc(Cl)cc1. The Morgan fingerprint density at radius 2 is 0.846 bits per heavy atom. The number of benzene rings is 13. The van der Waals surface area contributed by atoms with E-state index in [0.29, 0.717) is 60.4 Å². The van der Waals surface area contributed by atoms with Gasteiger partial charge in [0.15, 0.2) is 11.6 Å². The lowest BCUT2D eigenvalue weighted by molar-refractivity contribution is 0.0480. The number of nitrogen functional groups attached to an aromatic ring is 1. The summed E-state index contributed by atoms with van der Waals surface area (Å²) < 4.78 is 4.51. The summed E-state index contributed by atoms with van der Waals surface area (Å²) in [5.74, 6) is 0.828. The fourth-order valence-corrected chi connectivity index (χ4v) is 14.2. The van der Waals surface area contributed by atoms with Crippen LogP contribution in [-0.4, -0.2) is 51.8 Å². The number of aryl methyl sites for hydroxylation is 7. The molecule has 123 heavy (non-hydrogen) atoms. The van der Waals surface area contributed by atoms with Crippen molar-refractivity contribution < 1.29 is 34.1 Å². The van der Waals surface area contributed by atoms with Crippen LogP contribution >= 0.6 is 109 Å². The van der Waals surface area contributed by atoms with E-state index in [-0.39, 0.29) is 42.3 Å². The molecule has 0 bridgehead atoms. The minimum absolute atomic E-state index is 0.0531. The number of alkyl halides is 1. The molecular weight excluding hydrogens is 1770 g/mol. The first-order valence-electron chi connectivity index (χ1n) is 39.1. The molecule has 5 N–H and O–H groups in total. The van der Waals surface area contributed by atoms with E-state index in [2.05, 4.69) is 58.0 Å². The Kier molecular flexibility index (Phi) is 38.7. The summed E-state index contributed by atoms with van der Waals surface area (Å²) in [5, 5.41) is 38.4. The minimum atomic E-state index is -1.26. The van der Waals surface area contributed by atoms with E-state index in [0.717, 1.165) is 101 Å². The molecule has 1 heterocycles. The first-order chi connectivity index (χ1) is 58.7. The van der Waals surface area contributed by atoms with Crippen LogP contribution < -0.4 is 30.5 Å². The molecule has 13 aromatic rings. The van der Waals surface area contributed by atoms with E-state index in [1.54, 1.807) is 110 Å². The van der Waals surface area contributed by atoms with Gasteiger partial charge in [-0.15, -0.1) is 5.26 Å². The number of nitrogens with one attached hydrogen (secondary N) is 1. The zero-order valence-electron chi connectivity index (χ0n) is 69.1. The fraction of sp³-hybridized carbons (Fsp3) is 0.178. The predicted octanol–water partition coefficient (Wildman–Crippen LogP) is 28.8. The molecule has 4 atom stereocenters. The van der Waals surface area contributed by atoms with Gasteiger partial charge in [-0.05, 0) is 284 Å². The third kappa shape index (κ3) is 32.0. The molecule has 13 aromatic carbocycles. The highest BCUT2D eigenvalue weighted by molar-refractivity contribution is 9.09. The number of hydrogen-bond donors (Lipinski definition) is 4. The van der Waals surface area contributed by atoms with E-state index < -0.39 is 11.2 Å². The maximum absolute atomic E-state index is 13.5. The van der Waals surface area contributed by atoms with E-state index >= 15 is 0 Å². The zero-order chi connectivity index (χ0) is 89.3. The van der Waals surface area contributed by atoms with Gasteiger partial charge < -0.3 is 26.0 Å². The first kappa shape index (κ1) is 98.0. The standard InChI is InChI=1S/C23H22Cl2N2O2.C23H20Cl2N2O.C17H19ClO.C16H15ClO.C9H9BrO.C7H4ClNO.C6H6ClN/c1-16-4-3-5-17(14-16)23(2,29)15-27(21-12-8-19(25)9-13-21)22(28)26-20-10-6-18(24)7-11-20;1-15-4-3-5-17(14-15)22-16(2)26(20-10-6-18(24)7-11-20)23(28)27(22)21-12-8-19(25)9-13-21;1-13-4-3-5-15(12-13)17(2,19)11-10-14-6-8-16(18)9-7-14;1-12-3-2-4-14(11-12)16(18)10-7-13-5-8-15(17)9-6-13;1-7-3-2-4-8(5-7)9(11)6-10;8-6-1-3-7(4-2-6)10-5-9;7-5-1-3-6(8)4-2-5/h3-14,29H,15H2,1-2H3,(H,26,28);3-14,16,22H,1-2H3;3-9,12,19H,10-11H2,1-2H3;2-6,8-9,11H,7,10H2,1H3;2-5H,6H2,1H3;1-4H;1-4H,8H2. The Hall–Kier alpha value is -10.5. The van der Waals surface area contributed by atoms with E-state index in [1.165, 1.54) is 16.0 Å². The quantitative estimate of drug-likeness (QED) is 0.0264. The lowest BCUT2D eigenvalue weighted by Crippen LogP contribution is -2.44. The highest BCUT2D eigenvalue weighted by atomic mass is 79.9. The third-order valence-electron chi connectivity index (χ3n) is 19.4. The molecule has 4 unspecified atom stereocenters. The highest BCUT2D eigenvalue weighted by Crippen LogP contribution is 2.42. The number of nitrogens with zero attached hydrogens (tertiary/aromatic N) is 4. The van der Waals surface area contributed by atoms with E-state index in [4.69, 9.17) is 104 Å². The molecule has 22 heteroatoms. The van der Waals surface area contributed by atoms with Crippen LogP contribution in [0.3, 0.4) is 0 Å². The van der Waals surface area contributed by atoms with Gasteiger partial charge in [0, 0.05) is 86.2 Å². The number of ketones is 2. The van der Waals surface area contributed by atoms with Crippen molar-refractivity contribution >= 4 is 161 Å². The molecule has 0 spiro atoms. The summed E-state index contributed by atoms with van der Waals surface area (Å²) in [6.45, 7) is 15.7. The normalized spacial score (nSPS) is 13.3. The van der Waals surface area contributed by atoms with Crippen LogP contribution in [0.2, 0.25) is 40.2 Å². The summed E-state index contributed by atoms with van der Waals surface area (Å²) in [7, 11) is 0. The monoisotopic (exact) mass is 1860 g/mol. The number of nitriles is 1. The number of hydrogen-bond acceptors (Lipinski definition) is 9. The summed E-state index contributed by atoms with van der Waals surface area (Å²) in [5.41, 5.74) is 19.3. The maximum atomic E-state index is 13.5. The van der Waals surface area contributed by atoms with Gasteiger partial charge in [-0.3, -0.25) is 24.3 Å². The van der Waals surface area contributed by atoms with E-state index in [9.17, 15) is 29.4 Å². The van der Waals surface area contributed by atoms with Gasteiger partial charge in [-0.25, -0.2) is 9.59 Å². The molecule has 0 aliphatic carbocycles. The molecule has 13 nitrogen and oxygen atoms in total. The molecule has 0 radical (unpaired) electrons. The van der Waals surface area contributed by atoms with Crippen LogP contribution in [0.25, 0.3) is 0 Å². The lowest BCUT2D eigenvalue weighted by Gasteiger charge is -2.32. The van der Waals surface area contributed by atoms with Gasteiger partial charge in [0.05, 0.1) is 29.6 Å². The summed E-state index contributed by atoms with van der Waals surface area (Å²) in [4.78, 5) is 54.9. The zero-order valence-corrected chi connectivity index (χ0v) is 76.8. The van der Waals surface area contributed by atoms with Crippen molar-refractivity contribution in [3.8, 4) is 12.0 Å². The molecule has 634 valence electrons. The molecule has 0 aromatic heterocycles. The van der Waals surface area contributed by atoms with Crippen LogP contribution in [0, 0.1) is 46.1 Å². The predicted molar refractivity (Wildman–Crippen MR) is 515 cm³/mol. The summed E-state index contributed by atoms with van der Waals surface area (Å²) in [6.07, 6.45) is 4.37. The van der Waals surface area contributed by atoms with Crippen molar-refractivity contribution in [2.24, 2.45) is 0 Å². The molecule has 14 rings (SSSR count). The Bertz CT molecular complexity index is 5590. The number of amides is 4. The molecule has 1 aliphatic rings. The molecule has 1 saturated heterocycles. The largest absolute Gasteiger partial charge is 0.399 e. The van der Waals surface area contributed by atoms with Crippen molar-refractivity contribution in [3.63, 3.8) is 0 Å². The van der Waals surface area contributed by atoms with Gasteiger partial charge in [-0.1, -0.05) is 270 Å². The Balaban J connectivity index is 0.000000186. The first-order valence-corrected chi connectivity index (χ1v) is 43.3. The second kappa shape index (κ2) is 48.6. The number of Topliss-reactive ketones (excluding diaryl/α,β-unsaturated/α-hetero) is 2. The van der Waals surface area contributed by atoms with Crippen molar-refractivity contribution in [2.45, 2.75) is 104 Å². The number of anilines is 5. The lowest BCUT2D eigenvalue weighted by atomic mass is 9.89. The number of carbonyl (C=O) groups excluding carboxylic acids is 4. The van der Waals surface area contributed by atoms with Crippen molar-refractivity contribution in [1.29, 1.82) is 5.26 Å². The molecule has 1 fully saturated rings. The van der Waals surface area contributed by atoms with Gasteiger partial charge in [0.1, 0.15) is 11.4 Å². The third-order valence-corrected chi connectivity index (χ3v) is 21.9.